The van der Waals surface area contributed by atoms with Gasteiger partial charge in [-0.15, -0.1) is 0 Å². The van der Waals surface area contributed by atoms with Crippen molar-refractivity contribution in [2.45, 2.75) is 32.6 Å². The van der Waals surface area contributed by atoms with Crippen molar-refractivity contribution in [3.05, 3.63) is 11.1 Å². The van der Waals surface area contributed by atoms with Gasteiger partial charge in [-0.05, 0) is 13.0 Å². The van der Waals surface area contributed by atoms with Crippen molar-refractivity contribution in [3.8, 4) is 0 Å². The molecule has 0 nitrogen and oxygen atoms in total. The highest BCUT2D eigenvalue weighted by Crippen LogP contribution is 2.15. The molecule has 0 saturated heterocycles. The van der Waals surface area contributed by atoms with Gasteiger partial charge in [-0.1, -0.05) is 36.8 Å². The van der Waals surface area contributed by atoms with Crippen LogP contribution in [0.4, 0.5) is 0 Å². The summed E-state index contributed by atoms with van der Waals surface area (Å²) < 4.78 is 0. The average Bonchev–Trinajstić information content (AvgIpc) is 1.62. The lowest BCUT2D eigenvalue weighted by Crippen LogP contribution is -2.18. The Morgan fingerprint density at radius 2 is 1.89 bits per heavy atom. The second kappa shape index (κ2) is 3.42. The van der Waals surface area contributed by atoms with Gasteiger partial charge in [0.15, 0.2) is 0 Å². The lowest BCUT2D eigenvalue weighted by molar-refractivity contribution is 1.33. The Bertz CT molecular complexity index is 111. The second-order valence-electron chi connectivity index (χ2n) is 3.69. The van der Waals surface area contributed by atoms with Crippen LogP contribution in [0, 0.1) is 0 Å². The summed E-state index contributed by atoms with van der Waals surface area (Å²) in [5, 5.41) is 0. The summed E-state index contributed by atoms with van der Waals surface area (Å²) in [6.07, 6.45) is 0. The first kappa shape index (κ1) is 9.25. The van der Waals surface area contributed by atoms with Gasteiger partial charge in [-0.3, -0.25) is 0 Å². The summed E-state index contributed by atoms with van der Waals surface area (Å²) in [7, 11) is -0.894. The molecule has 0 aliphatic heterocycles. The zero-order valence-corrected chi connectivity index (χ0v) is 8.42. The highest BCUT2D eigenvalue weighted by molar-refractivity contribution is 6.76. The highest BCUT2D eigenvalue weighted by atomic mass is 35.5. The zero-order valence-electron chi connectivity index (χ0n) is 6.66. The van der Waals surface area contributed by atoms with Crippen LogP contribution < -0.4 is 0 Å². The van der Waals surface area contributed by atoms with E-state index in [0.717, 1.165) is 0 Å². The van der Waals surface area contributed by atoms with E-state index < -0.39 is 8.07 Å². The monoisotopic (exact) mass is 162 g/mol. The van der Waals surface area contributed by atoms with E-state index in [9.17, 15) is 0 Å². The van der Waals surface area contributed by atoms with Crippen molar-refractivity contribution < 1.29 is 0 Å². The maximum atomic E-state index is 5.52. The van der Waals surface area contributed by atoms with Gasteiger partial charge in [0, 0.05) is 13.6 Å². The minimum Gasteiger partial charge on any atom is -0.0930 e. The first-order valence-electron chi connectivity index (χ1n) is 3.21. The molecule has 0 aromatic carbocycles. The third kappa shape index (κ3) is 6.13. The molecule has 0 aliphatic rings. The molecule has 0 radical (unpaired) electrons. The Hall–Kier alpha value is 0.247. The number of allylic oxidation sites excluding steroid dienone is 1. The molecule has 0 unspecified atom stereocenters. The standard InChI is InChI=1S/C7H15ClSi/c1-7(5-8)6-9(2,3)4/h5H,6H2,1-4H3/b7-5+. The molecule has 0 bridgehead atoms. The molecule has 2 heteroatoms. The summed E-state index contributed by atoms with van der Waals surface area (Å²) in [5.74, 6) is 0. The van der Waals surface area contributed by atoms with E-state index in [4.69, 9.17) is 11.6 Å². The fourth-order valence-corrected chi connectivity index (χ4v) is 2.86. The van der Waals surface area contributed by atoms with Gasteiger partial charge in [0.1, 0.15) is 0 Å². The van der Waals surface area contributed by atoms with E-state index in [2.05, 4.69) is 26.6 Å². The van der Waals surface area contributed by atoms with Crippen molar-refractivity contribution in [1.29, 1.82) is 0 Å². The van der Waals surface area contributed by atoms with Gasteiger partial charge in [-0.2, -0.15) is 0 Å². The van der Waals surface area contributed by atoms with Gasteiger partial charge >= 0.3 is 0 Å². The van der Waals surface area contributed by atoms with Crippen LogP contribution in [0.3, 0.4) is 0 Å². The van der Waals surface area contributed by atoms with Gasteiger partial charge in [0.05, 0.1) is 0 Å². The molecule has 54 valence electrons. The SMILES string of the molecule is C/C(=C\Cl)C[Si](C)(C)C. The van der Waals surface area contributed by atoms with Crippen molar-refractivity contribution in [3.63, 3.8) is 0 Å². The van der Waals surface area contributed by atoms with Crippen molar-refractivity contribution >= 4 is 19.7 Å². The number of rotatable bonds is 2. The van der Waals surface area contributed by atoms with Gasteiger partial charge < -0.3 is 0 Å². The highest BCUT2D eigenvalue weighted by Gasteiger charge is 2.12. The van der Waals surface area contributed by atoms with Crippen LogP contribution in [0.5, 0.6) is 0 Å². The summed E-state index contributed by atoms with van der Waals surface area (Å²) in [6.45, 7) is 9.12. The molecular weight excluding hydrogens is 148 g/mol. The third-order valence-corrected chi connectivity index (χ3v) is 2.99. The van der Waals surface area contributed by atoms with Crippen LogP contribution in [0.1, 0.15) is 6.92 Å². The molecule has 0 atom stereocenters. The van der Waals surface area contributed by atoms with E-state index in [1.54, 1.807) is 5.54 Å². The summed E-state index contributed by atoms with van der Waals surface area (Å²) in [6, 6.07) is 1.22. The number of halogens is 1. The van der Waals surface area contributed by atoms with Crippen LogP contribution in [0.2, 0.25) is 25.7 Å². The zero-order chi connectivity index (χ0) is 7.49. The van der Waals surface area contributed by atoms with Gasteiger partial charge in [0.25, 0.3) is 0 Å². The molecule has 0 saturated carbocycles. The molecule has 9 heavy (non-hydrogen) atoms. The van der Waals surface area contributed by atoms with E-state index in [-0.39, 0.29) is 0 Å². The second-order valence-corrected chi connectivity index (χ2v) is 9.39. The van der Waals surface area contributed by atoms with Gasteiger partial charge in [-0.25, -0.2) is 0 Å². The Labute approximate surface area is 63.9 Å². The third-order valence-electron chi connectivity index (χ3n) is 0.995. The Morgan fingerprint density at radius 3 is 2.00 bits per heavy atom. The molecule has 0 aromatic rings. The molecule has 0 fully saturated rings. The Balaban J connectivity index is 3.75. The Kier molecular flexibility index (Phi) is 3.52. The predicted octanol–water partition coefficient (Wildman–Crippen LogP) is 3.47. The minimum absolute atomic E-state index is 0.894. The van der Waals surface area contributed by atoms with Crippen LogP contribution >= 0.6 is 11.6 Å². The summed E-state index contributed by atoms with van der Waals surface area (Å²) in [4.78, 5) is 0. The molecule has 0 aromatic heterocycles. The molecule has 0 heterocycles. The Morgan fingerprint density at radius 1 is 1.44 bits per heavy atom. The fraction of sp³-hybridized carbons (Fsp3) is 0.714. The quantitative estimate of drug-likeness (QED) is 0.546. The van der Waals surface area contributed by atoms with Crippen molar-refractivity contribution in [1.82, 2.24) is 0 Å². The molecule has 0 spiro atoms. The molecule has 0 rings (SSSR count). The largest absolute Gasteiger partial charge is 0.0930 e. The van der Waals surface area contributed by atoms with Gasteiger partial charge in [0.2, 0.25) is 0 Å². The lowest BCUT2D eigenvalue weighted by atomic mass is 10.4. The average molecular weight is 163 g/mol. The van der Waals surface area contributed by atoms with E-state index in [0.29, 0.717) is 0 Å². The first-order chi connectivity index (χ1) is 3.95. The fourth-order valence-electron chi connectivity index (χ4n) is 0.875. The van der Waals surface area contributed by atoms with E-state index >= 15 is 0 Å². The molecular formula is C7H15ClSi. The maximum Gasteiger partial charge on any atom is 0.0483 e. The molecule has 0 N–H and O–H groups in total. The molecule has 0 aliphatic carbocycles. The first-order valence-corrected chi connectivity index (χ1v) is 7.36. The number of hydrogen-bond donors (Lipinski definition) is 0. The maximum absolute atomic E-state index is 5.52. The van der Waals surface area contributed by atoms with E-state index in [1.165, 1.54) is 11.6 Å². The van der Waals surface area contributed by atoms with Crippen LogP contribution in [0.15, 0.2) is 11.1 Å². The molecule has 0 amide bonds. The summed E-state index contributed by atoms with van der Waals surface area (Å²) >= 11 is 5.52. The topological polar surface area (TPSA) is 0 Å². The minimum atomic E-state index is -0.894. The van der Waals surface area contributed by atoms with Crippen LogP contribution in [-0.4, -0.2) is 8.07 Å². The van der Waals surface area contributed by atoms with Crippen molar-refractivity contribution in [2.24, 2.45) is 0 Å². The summed E-state index contributed by atoms with van der Waals surface area (Å²) in [5.41, 5.74) is 3.01. The van der Waals surface area contributed by atoms with Crippen molar-refractivity contribution in [2.75, 3.05) is 0 Å². The lowest BCUT2D eigenvalue weighted by Gasteiger charge is -2.14. The van der Waals surface area contributed by atoms with Crippen LogP contribution in [0.25, 0.3) is 0 Å². The van der Waals surface area contributed by atoms with E-state index in [1.807, 2.05) is 0 Å². The smallest absolute Gasteiger partial charge is 0.0483 e. The van der Waals surface area contributed by atoms with Crippen LogP contribution in [-0.2, 0) is 0 Å². The number of hydrogen-bond acceptors (Lipinski definition) is 0. The predicted molar refractivity (Wildman–Crippen MR) is 47.8 cm³/mol. The normalized spacial score (nSPS) is 14.1.